The molecule has 0 aliphatic rings. The molecule has 0 saturated carbocycles. The number of nitrogens with zero attached hydrogens (tertiary/aromatic N) is 4. The summed E-state index contributed by atoms with van der Waals surface area (Å²) in [5, 5.41) is 14.0. The molecule has 0 unspecified atom stereocenters. The lowest BCUT2D eigenvalue weighted by atomic mass is 10.3. The Balaban J connectivity index is 1.65. The zero-order valence-electron chi connectivity index (χ0n) is 13.4. The van der Waals surface area contributed by atoms with Crippen LogP contribution in [0.15, 0.2) is 45.0 Å². The van der Waals surface area contributed by atoms with Gasteiger partial charge >= 0.3 is 0 Å². The first kappa shape index (κ1) is 17.8. The Bertz CT molecular complexity index is 907. The van der Waals surface area contributed by atoms with Crippen LogP contribution >= 0.6 is 35.0 Å². The molecule has 0 spiro atoms. The standard InChI is InChI=1S/C16H14Cl2N4O2S/c1-10-20-21-16(25-2)22(10)19-8-12-3-4-13(24-12)9-23-11-5-6-14(17)15(18)7-11/h3-8H,9H2,1-2H3/b19-8-. The minimum Gasteiger partial charge on any atom is -0.486 e. The number of thioether (sulfide) groups is 1. The molecular formula is C16H14Cl2N4O2S. The number of ether oxygens (including phenoxy) is 1. The van der Waals surface area contributed by atoms with Crippen LogP contribution in [0.5, 0.6) is 5.75 Å². The van der Waals surface area contributed by atoms with E-state index in [4.69, 9.17) is 32.4 Å². The van der Waals surface area contributed by atoms with Gasteiger partial charge in [0.1, 0.15) is 23.9 Å². The third-order valence-corrected chi connectivity index (χ3v) is 4.56. The molecule has 2 aromatic heterocycles. The van der Waals surface area contributed by atoms with E-state index in [1.807, 2.05) is 25.3 Å². The summed E-state index contributed by atoms with van der Waals surface area (Å²) < 4.78 is 13.0. The molecule has 3 rings (SSSR count). The minimum atomic E-state index is 0.271. The van der Waals surface area contributed by atoms with Crippen molar-refractivity contribution in [2.24, 2.45) is 5.10 Å². The SMILES string of the molecule is CSc1nnc(C)n1/N=C\c1ccc(COc2ccc(Cl)c(Cl)c2)o1. The summed E-state index contributed by atoms with van der Waals surface area (Å²) in [6, 6.07) is 8.74. The van der Waals surface area contributed by atoms with E-state index in [9.17, 15) is 0 Å². The molecule has 0 aliphatic heterocycles. The van der Waals surface area contributed by atoms with E-state index < -0.39 is 0 Å². The maximum atomic E-state index is 5.96. The van der Waals surface area contributed by atoms with E-state index in [-0.39, 0.29) is 6.61 Å². The van der Waals surface area contributed by atoms with Gasteiger partial charge in [-0.3, -0.25) is 0 Å². The second kappa shape index (κ2) is 7.95. The normalized spacial score (nSPS) is 11.4. The van der Waals surface area contributed by atoms with Crippen molar-refractivity contribution >= 4 is 41.2 Å². The minimum absolute atomic E-state index is 0.271. The third kappa shape index (κ3) is 4.36. The molecule has 0 radical (unpaired) electrons. The molecule has 0 atom stereocenters. The topological polar surface area (TPSA) is 65.4 Å². The molecule has 1 aromatic carbocycles. The molecule has 6 nitrogen and oxygen atoms in total. The number of aryl methyl sites for hydroxylation is 1. The first-order chi connectivity index (χ1) is 12.1. The van der Waals surface area contributed by atoms with Gasteiger partial charge in [-0.2, -0.15) is 9.78 Å². The lowest BCUT2D eigenvalue weighted by Gasteiger charge is -2.05. The van der Waals surface area contributed by atoms with E-state index in [0.29, 0.717) is 38.3 Å². The Morgan fingerprint density at radius 2 is 2.08 bits per heavy atom. The van der Waals surface area contributed by atoms with E-state index in [1.165, 1.54) is 11.8 Å². The molecule has 0 fully saturated rings. The van der Waals surface area contributed by atoms with E-state index >= 15 is 0 Å². The van der Waals surface area contributed by atoms with Gasteiger partial charge in [-0.1, -0.05) is 35.0 Å². The summed E-state index contributed by atoms with van der Waals surface area (Å²) in [7, 11) is 0. The van der Waals surface area contributed by atoms with Crippen molar-refractivity contribution in [3.05, 3.63) is 57.7 Å². The van der Waals surface area contributed by atoms with Crippen molar-refractivity contribution in [2.75, 3.05) is 6.26 Å². The Morgan fingerprint density at radius 1 is 1.24 bits per heavy atom. The van der Waals surface area contributed by atoms with Gasteiger partial charge in [-0.15, -0.1) is 10.2 Å². The second-order valence-corrected chi connectivity index (χ2v) is 6.55. The van der Waals surface area contributed by atoms with Crippen LogP contribution in [0.2, 0.25) is 10.0 Å². The van der Waals surface area contributed by atoms with Gasteiger partial charge < -0.3 is 9.15 Å². The van der Waals surface area contributed by atoms with Gasteiger partial charge in [0.15, 0.2) is 5.82 Å². The zero-order chi connectivity index (χ0) is 17.8. The highest BCUT2D eigenvalue weighted by Crippen LogP contribution is 2.26. The van der Waals surface area contributed by atoms with E-state index in [0.717, 1.165) is 0 Å². The molecule has 0 bridgehead atoms. The van der Waals surface area contributed by atoms with Gasteiger partial charge in [0.25, 0.3) is 0 Å². The van der Waals surface area contributed by atoms with Crippen LogP contribution in [0.3, 0.4) is 0 Å². The number of halogens is 2. The average Bonchev–Trinajstić information content (AvgIpc) is 3.20. The molecule has 0 aliphatic carbocycles. The second-order valence-electron chi connectivity index (χ2n) is 4.96. The van der Waals surface area contributed by atoms with Crippen LogP contribution in [-0.4, -0.2) is 27.3 Å². The van der Waals surface area contributed by atoms with Crippen LogP contribution in [0.25, 0.3) is 0 Å². The van der Waals surface area contributed by atoms with Crippen LogP contribution in [-0.2, 0) is 6.61 Å². The smallest absolute Gasteiger partial charge is 0.211 e. The maximum absolute atomic E-state index is 5.96. The molecule has 0 N–H and O–H groups in total. The number of hydrogen-bond donors (Lipinski definition) is 0. The average molecular weight is 397 g/mol. The molecule has 9 heteroatoms. The highest BCUT2D eigenvalue weighted by atomic mass is 35.5. The monoisotopic (exact) mass is 396 g/mol. The van der Waals surface area contributed by atoms with Gasteiger partial charge in [0.2, 0.25) is 5.16 Å². The van der Waals surface area contributed by atoms with Gasteiger partial charge in [-0.25, -0.2) is 0 Å². The number of aromatic nitrogens is 3. The highest BCUT2D eigenvalue weighted by Gasteiger charge is 2.07. The summed E-state index contributed by atoms with van der Waals surface area (Å²) in [6.07, 6.45) is 3.53. The third-order valence-electron chi connectivity index (χ3n) is 3.21. The van der Waals surface area contributed by atoms with Crippen LogP contribution in [0.4, 0.5) is 0 Å². The van der Waals surface area contributed by atoms with Crippen LogP contribution in [0.1, 0.15) is 17.3 Å². The predicted octanol–water partition coefficient (Wildman–Crippen LogP) is 4.67. The van der Waals surface area contributed by atoms with Crippen molar-refractivity contribution in [1.29, 1.82) is 0 Å². The predicted molar refractivity (Wildman–Crippen MR) is 99.0 cm³/mol. The van der Waals surface area contributed by atoms with Crippen molar-refractivity contribution in [3.63, 3.8) is 0 Å². The number of hydrogen-bond acceptors (Lipinski definition) is 6. The van der Waals surface area contributed by atoms with Crippen molar-refractivity contribution < 1.29 is 9.15 Å². The van der Waals surface area contributed by atoms with Crippen molar-refractivity contribution in [2.45, 2.75) is 18.7 Å². The Kier molecular flexibility index (Phi) is 5.67. The summed E-state index contributed by atoms with van der Waals surface area (Å²) >= 11 is 13.3. The number of rotatable bonds is 6. The molecule has 3 aromatic rings. The number of benzene rings is 1. The Hall–Kier alpha value is -1.96. The Labute approximate surface area is 158 Å². The van der Waals surface area contributed by atoms with Crippen molar-refractivity contribution in [3.8, 4) is 5.75 Å². The first-order valence-electron chi connectivity index (χ1n) is 7.23. The summed E-state index contributed by atoms with van der Waals surface area (Å²) in [5.41, 5.74) is 0. The van der Waals surface area contributed by atoms with E-state index in [1.54, 1.807) is 29.1 Å². The lowest BCUT2D eigenvalue weighted by Crippen LogP contribution is -1.95. The molecular weight excluding hydrogens is 383 g/mol. The molecule has 2 heterocycles. The maximum Gasteiger partial charge on any atom is 0.211 e. The molecule has 25 heavy (non-hydrogen) atoms. The molecule has 0 amide bonds. The lowest BCUT2D eigenvalue weighted by molar-refractivity contribution is 0.270. The Morgan fingerprint density at radius 3 is 2.84 bits per heavy atom. The first-order valence-corrected chi connectivity index (χ1v) is 9.22. The van der Waals surface area contributed by atoms with Gasteiger partial charge in [0.05, 0.1) is 16.3 Å². The van der Waals surface area contributed by atoms with Crippen LogP contribution in [0, 0.1) is 6.92 Å². The number of furan rings is 1. The fourth-order valence-corrected chi connectivity index (χ4v) is 2.74. The zero-order valence-corrected chi connectivity index (χ0v) is 15.8. The summed E-state index contributed by atoms with van der Waals surface area (Å²) in [5.74, 6) is 2.59. The summed E-state index contributed by atoms with van der Waals surface area (Å²) in [6.45, 7) is 2.11. The largest absolute Gasteiger partial charge is 0.486 e. The highest BCUT2D eigenvalue weighted by molar-refractivity contribution is 7.98. The van der Waals surface area contributed by atoms with Gasteiger partial charge in [-0.05, 0) is 37.4 Å². The summed E-state index contributed by atoms with van der Waals surface area (Å²) in [4.78, 5) is 0. The molecule has 130 valence electrons. The van der Waals surface area contributed by atoms with Gasteiger partial charge in [0, 0.05) is 6.07 Å². The quantitative estimate of drug-likeness (QED) is 0.447. The fourth-order valence-electron chi connectivity index (χ4n) is 1.98. The van der Waals surface area contributed by atoms with Crippen molar-refractivity contribution in [1.82, 2.24) is 14.9 Å². The van der Waals surface area contributed by atoms with E-state index in [2.05, 4.69) is 15.3 Å². The van der Waals surface area contributed by atoms with Crippen LogP contribution < -0.4 is 4.74 Å². The fraction of sp³-hybridized carbons (Fsp3) is 0.188. The molecule has 0 saturated heterocycles.